The number of hydrogen-bond acceptors (Lipinski definition) is 4. The Kier molecular flexibility index (Phi) is 3.46. The van der Waals surface area contributed by atoms with Crippen LogP contribution in [0, 0.1) is 0 Å². The van der Waals surface area contributed by atoms with Crippen molar-refractivity contribution in [2.24, 2.45) is 5.84 Å². The van der Waals surface area contributed by atoms with Crippen molar-refractivity contribution >= 4 is 5.91 Å². The molecule has 1 aliphatic heterocycles. The largest absolute Gasteiger partial charge is 0.304 e. The Hall–Kier alpha value is -0.650. The van der Waals surface area contributed by atoms with Crippen LogP contribution >= 0.6 is 0 Å². The Morgan fingerprint density at radius 2 is 2.00 bits per heavy atom. The van der Waals surface area contributed by atoms with Crippen LogP contribution in [-0.4, -0.2) is 55.5 Å². The van der Waals surface area contributed by atoms with Crippen LogP contribution in [0.5, 0.6) is 0 Å². The van der Waals surface area contributed by atoms with Crippen LogP contribution in [0.3, 0.4) is 0 Å². The number of likely N-dealkylation sites (N-methyl/N-ethyl adjacent to an activating group) is 1. The molecular formula is C7H16N4O. The summed E-state index contributed by atoms with van der Waals surface area (Å²) in [6, 6.07) is 0. The molecule has 0 aromatic heterocycles. The number of nitrogens with two attached hydrogens (primary N) is 1. The molecule has 0 atom stereocenters. The van der Waals surface area contributed by atoms with Gasteiger partial charge in [-0.25, -0.2) is 5.84 Å². The number of hydrogen-bond donors (Lipinski definition) is 2. The van der Waals surface area contributed by atoms with Crippen LogP contribution in [0.25, 0.3) is 0 Å². The number of carbonyl (C=O) groups excluding carboxylic acids is 1. The van der Waals surface area contributed by atoms with Gasteiger partial charge in [0.1, 0.15) is 0 Å². The quantitative estimate of drug-likeness (QED) is 0.172. The van der Waals surface area contributed by atoms with E-state index in [1.54, 1.807) is 0 Å². The second kappa shape index (κ2) is 4.39. The Morgan fingerprint density at radius 1 is 1.42 bits per heavy atom. The SMILES string of the molecule is CN1CC[15N]([13CH2][13C](=O)NN)[13CH2]C1. The highest BCUT2D eigenvalue weighted by atomic mass is 16.2. The van der Waals surface area contributed by atoms with E-state index < -0.39 is 0 Å². The predicted molar refractivity (Wildman–Crippen MR) is 46.3 cm³/mol. The highest BCUT2D eigenvalue weighted by molar-refractivity contribution is 5.77. The van der Waals surface area contributed by atoms with Crippen molar-refractivity contribution in [3.05, 3.63) is 0 Å². The van der Waals surface area contributed by atoms with Crippen molar-refractivity contribution in [1.82, 2.24) is 15.2 Å². The van der Waals surface area contributed by atoms with E-state index in [1.165, 1.54) is 0 Å². The zero-order chi connectivity index (χ0) is 8.97. The molecular weight excluding hydrogens is 160 g/mol. The van der Waals surface area contributed by atoms with Gasteiger partial charge in [-0.1, -0.05) is 0 Å². The molecule has 0 aromatic carbocycles. The summed E-state index contributed by atoms with van der Waals surface area (Å²) in [6.07, 6.45) is 0. The number of amides is 1. The number of carbonyl (C=O) groups is 1. The van der Waals surface area contributed by atoms with E-state index in [0.29, 0.717) is 6.54 Å². The third kappa shape index (κ3) is 2.77. The third-order valence-corrected chi connectivity index (χ3v) is 2.12. The maximum Gasteiger partial charge on any atom is 0.248 e. The summed E-state index contributed by atoms with van der Waals surface area (Å²) in [5, 5.41) is 0. The molecule has 1 rings (SSSR count). The van der Waals surface area contributed by atoms with Crippen molar-refractivity contribution in [3.8, 4) is 0 Å². The van der Waals surface area contributed by atoms with Gasteiger partial charge in [0, 0.05) is 26.2 Å². The second-order valence-electron chi connectivity index (χ2n) is 3.15. The molecule has 1 saturated heterocycles. The summed E-state index contributed by atoms with van der Waals surface area (Å²) >= 11 is 0. The van der Waals surface area contributed by atoms with Gasteiger partial charge in [0.2, 0.25) is 5.91 Å². The highest BCUT2D eigenvalue weighted by Gasteiger charge is 2.15. The van der Waals surface area contributed by atoms with E-state index in [9.17, 15) is 4.79 Å². The lowest BCUT2D eigenvalue weighted by Crippen LogP contribution is -2.49. The minimum Gasteiger partial charge on any atom is -0.304 e. The molecule has 5 nitrogen and oxygen atoms in total. The Labute approximate surface area is 72.5 Å². The topological polar surface area (TPSA) is 61.6 Å². The number of hydrazine groups is 1. The van der Waals surface area contributed by atoms with Gasteiger partial charge in [-0.05, 0) is 7.05 Å². The first-order valence-electron chi connectivity index (χ1n) is 4.12. The van der Waals surface area contributed by atoms with Gasteiger partial charge in [-0.2, -0.15) is 0 Å². The molecule has 3 N–H and O–H groups in total. The number of rotatable bonds is 2. The summed E-state index contributed by atoms with van der Waals surface area (Å²) in [7, 11) is 2.08. The van der Waals surface area contributed by atoms with E-state index in [4.69, 9.17) is 5.84 Å². The summed E-state index contributed by atoms with van der Waals surface area (Å²) < 4.78 is 0. The summed E-state index contributed by atoms with van der Waals surface area (Å²) in [5.41, 5.74) is 2.13. The van der Waals surface area contributed by atoms with Crippen LogP contribution < -0.4 is 11.3 Å². The van der Waals surface area contributed by atoms with Crippen LogP contribution in [-0.2, 0) is 4.79 Å². The van der Waals surface area contributed by atoms with Gasteiger partial charge >= 0.3 is 0 Å². The van der Waals surface area contributed by atoms with E-state index >= 15 is 0 Å². The minimum absolute atomic E-state index is 0.112. The molecule has 1 heterocycles. The van der Waals surface area contributed by atoms with Gasteiger partial charge in [0.25, 0.3) is 0 Å². The molecule has 0 saturated carbocycles. The smallest absolute Gasteiger partial charge is 0.248 e. The van der Waals surface area contributed by atoms with Crippen LogP contribution in [0.15, 0.2) is 0 Å². The maximum atomic E-state index is 10.9. The standard InChI is InChI=1S/C7H16N4O/c1-10-2-4-11(5-3-10)6-7(12)9-8/h2-6,8H2,1H3,(H,9,12)/i4+1,6+1,7+1,11+1. The molecule has 0 aliphatic carbocycles. The van der Waals surface area contributed by atoms with Gasteiger partial charge in [0.05, 0.1) is 6.54 Å². The molecule has 12 heavy (non-hydrogen) atoms. The van der Waals surface area contributed by atoms with Crippen LogP contribution in [0.4, 0.5) is 0 Å². The average Bonchev–Trinajstić information content (AvgIpc) is 2.09. The first-order chi connectivity index (χ1) is 5.72. The van der Waals surface area contributed by atoms with Crippen molar-refractivity contribution in [2.45, 2.75) is 0 Å². The number of nitrogens with zero attached hydrogens (tertiary/aromatic N) is 2. The maximum absolute atomic E-state index is 10.9. The minimum atomic E-state index is -0.112. The van der Waals surface area contributed by atoms with E-state index in [1.807, 2.05) is 0 Å². The summed E-state index contributed by atoms with van der Waals surface area (Å²) in [6.45, 7) is 4.37. The zero-order valence-electron chi connectivity index (χ0n) is 7.42. The highest BCUT2D eigenvalue weighted by Crippen LogP contribution is 1.97. The molecule has 0 unspecified atom stereocenters. The van der Waals surface area contributed by atoms with Crippen molar-refractivity contribution in [3.63, 3.8) is 0 Å². The lowest BCUT2D eigenvalue weighted by Gasteiger charge is -2.31. The summed E-state index contributed by atoms with van der Waals surface area (Å²) in [4.78, 5) is 15.2. The first-order valence-corrected chi connectivity index (χ1v) is 4.12. The van der Waals surface area contributed by atoms with Crippen LogP contribution in [0.1, 0.15) is 0 Å². The molecule has 0 radical (unpaired) electrons. The Bertz CT molecular complexity index is 153. The van der Waals surface area contributed by atoms with Gasteiger partial charge in [-0.15, -0.1) is 0 Å². The average molecular weight is 176 g/mol. The first kappa shape index (κ1) is 9.44. The molecule has 1 aliphatic rings. The van der Waals surface area contributed by atoms with E-state index in [0.717, 1.165) is 26.2 Å². The zero-order valence-corrected chi connectivity index (χ0v) is 7.42. The van der Waals surface area contributed by atoms with Gasteiger partial charge in [0.15, 0.2) is 0 Å². The number of nitrogens with one attached hydrogen (secondary N) is 1. The molecule has 0 spiro atoms. The molecule has 5 heteroatoms. The molecule has 70 valence electrons. The molecule has 0 bridgehead atoms. The van der Waals surface area contributed by atoms with Crippen LogP contribution in [0.2, 0.25) is 0 Å². The van der Waals surface area contributed by atoms with Crippen molar-refractivity contribution < 1.29 is 4.79 Å². The Morgan fingerprint density at radius 3 is 2.50 bits per heavy atom. The van der Waals surface area contributed by atoms with E-state index in [2.05, 4.69) is 22.3 Å². The normalized spacial score (nSPS) is 20.8. The molecule has 1 amide bonds. The van der Waals surface area contributed by atoms with Gasteiger partial charge < -0.3 is 4.90 Å². The Balaban J connectivity index is 2.21. The molecule has 1 fully saturated rings. The fourth-order valence-electron chi connectivity index (χ4n) is 1.25. The van der Waals surface area contributed by atoms with Gasteiger partial charge in [-0.3, -0.25) is 15.1 Å². The monoisotopic (exact) mass is 176 g/mol. The fraction of sp³-hybridized carbons (Fsp3) is 0.857. The van der Waals surface area contributed by atoms with Crippen molar-refractivity contribution in [2.75, 3.05) is 39.8 Å². The summed E-state index contributed by atoms with van der Waals surface area (Å²) in [5.74, 6) is 4.87. The lowest BCUT2D eigenvalue weighted by molar-refractivity contribution is -0.122. The lowest BCUT2D eigenvalue weighted by atomic mass is 10.5. The van der Waals surface area contributed by atoms with Crippen molar-refractivity contribution in [1.29, 1.82) is 0 Å². The predicted octanol–water partition coefficient (Wildman–Crippen LogP) is -1.78. The third-order valence-electron chi connectivity index (χ3n) is 2.12. The second-order valence-corrected chi connectivity index (χ2v) is 3.15. The van der Waals surface area contributed by atoms with E-state index in [-0.39, 0.29) is 5.91 Å². The molecule has 0 aromatic rings. The number of piperazine rings is 1. The fourth-order valence-corrected chi connectivity index (χ4v) is 1.25.